The number of nitrogens with zero attached hydrogens (tertiary/aromatic N) is 2. The lowest BCUT2D eigenvalue weighted by Crippen LogP contribution is -2.48. The summed E-state index contributed by atoms with van der Waals surface area (Å²) in [5.41, 5.74) is 1.33. The number of anilines is 1. The number of morpholine rings is 1. The molecule has 2 aromatic carbocycles. The summed E-state index contributed by atoms with van der Waals surface area (Å²) in [4.78, 5) is 14.4. The molecule has 0 bridgehead atoms. The standard InChI is InChI=1S/C22H25FN2O4S/c1-14-10-17-6-4-5-7-21(17)25(14)30(27,28)18-8-9-20(23)19(11-18)22(26)24-12-15(2)29-16(3)13-24/h4-9,11,14-16H,10,12-13H2,1-3H3/t14?,15-,16+. The van der Waals surface area contributed by atoms with Gasteiger partial charge in [-0.05, 0) is 57.0 Å². The van der Waals surface area contributed by atoms with E-state index in [4.69, 9.17) is 4.74 Å². The molecule has 6 nitrogen and oxygen atoms in total. The van der Waals surface area contributed by atoms with Crippen molar-refractivity contribution < 1.29 is 22.3 Å². The third-order valence-electron chi connectivity index (χ3n) is 5.58. The van der Waals surface area contributed by atoms with Gasteiger partial charge in [0.2, 0.25) is 0 Å². The molecule has 30 heavy (non-hydrogen) atoms. The van der Waals surface area contributed by atoms with E-state index in [0.717, 1.165) is 17.7 Å². The highest BCUT2D eigenvalue weighted by Gasteiger charge is 2.37. The fourth-order valence-corrected chi connectivity index (χ4v) is 6.08. The van der Waals surface area contributed by atoms with Crippen molar-refractivity contribution >= 4 is 21.6 Å². The molecule has 2 aliphatic rings. The van der Waals surface area contributed by atoms with Gasteiger partial charge in [0, 0.05) is 19.1 Å². The Morgan fingerprint density at radius 3 is 2.43 bits per heavy atom. The van der Waals surface area contributed by atoms with Crippen molar-refractivity contribution in [3.63, 3.8) is 0 Å². The molecule has 160 valence electrons. The molecule has 2 heterocycles. The molecule has 0 radical (unpaired) electrons. The Morgan fingerprint density at radius 1 is 1.07 bits per heavy atom. The summed E-state index contributed by atoms with van der Waals surface area (Å²) >= 11 is 0. The molecule has 0 N–H and O–H groups in total. The Balaban J connectivity index is 1.70. The summed E-state index contributed by atoms with van der Waals surface area (Å²) in [6, 6.07) is 10.5. The number of ether oxygens (including phenoxy) is 1. The lowest BCUT2D eigenvalue weighted by atomic mass is 10.1. The van der Waals surface area contributed by atoms with Gasteiger partial charge in [0.1, 0.15) is 5.82 Å². The van der Waals surface area contributed by atoms with Gasteiger partial charge >= 0.3 is 0 Å². The first-order valence-electron chi connectivity index (χ1n) is 10.0. The van der Waals surface area contributed by atoms with Gasteiger partial charge < -0.3 is 9.64 Å². The number of carbonyl (C=O) groups is 1. The molecule has 0 spiro atoms. The Morgan fingerprint density at radius 2 is 1.73 bits per heavy atom. The molecule has 1 fully saturated rings. The minimum Gasteiger partial charge on any atom is -0.372 e. The van der Waals surface area contributed by atoms with Crippen LogP contribution in [0.4, 0.5) is 10.1 Å². The second-order valence-electron chi connectivity index (χ2n) is 8.09. The molecule has 1 amide bonds. The normalized spacial score (nSPS) is 24.1. The first-order valence-corrected chi connectivity index (χ1v) is 11.5. The first-order chi connectivity index (χ1) is 14.2. The van der Waals surface area contributed by atoms with Crippen LogP contribution >= 0.6 is 0 Å². The topological polar surface area (TPSA) is 66.9 Å². The lowest BCUT2D eigenvalue weighted by Gasteiger charge is -2.35. The molecular weight excluding hydrogens is 407 g/mol. The smallest absolute Gasteiger partial charge is 0.264 e. The highest BCUT2D eigenvalue weighted by atomic mass is 32.2. The van der Waals surface area contributed by atoms with E-state index in [1.54, 1.807) is 12.1 Å². The fraction of sp³-hybridized carbons (Fsp3) is 0.409. The van der Waals surface area contributed by atoms with Crippen LogP contribution in [0.3, 0.4) is 0 Å². The van der Waals surface area contributed by atoms with Gasteiger partial charge in [0.25, 0.3) is 15.9 Å². The summed E-state index contributed by atoms with van der Waals surface area (Å²) < 4.78 is 48.4. The first kappa shape index (κ1) is 20.8. The van der Waals surface area contributed by atoms with Crippen molar-refractivity contribution in [3.05, 3.63) is 59.4 Å². The quantitative estimate of drug-likeness (QED) is 0.747. The summed E-state index contributed by atoms with van der Waals surface area (Å²) in [6.45, 7) is 6.19. The number of para-hydroxylation sites is 1. The zero-order valence-corrected chi connectivity index (χ0v) is 18.0. The predicted molar refractivity (Wildman–Crippen MR) is 112 cm³/mol. The maximum absolute atomic E-state index is 14.6. The zero-order valence-electron chi connectivity index (χ0n) is 17.2. The summed E-state index contributed by atoms with van der Waals surface area (Å²) in [6.07, 6.45) is 0.260. The SMILES string of the molecule is CC1Cc2ccccc2N1S(=O)(=O)c1ccc(F)c(C(=O)N2C[C@@H](C)O[C@@H](C)C2)c1. The largest absolute Gasteiger partial charge is 0.372 e. The van der Waals surface area contributed by atoms with Crippen LogP contribution in [0.1, 0.15) is 36.7 Å². The minimum atomic E-state index is -3.96. The maximum atomic E-state index is 14.6. The van der Waals surface area contributed by atoms with Gasteiger partial charge in [-0.15, -0.1) is 0 Å². The van der Waals surface area contributed by atoms with E-state index in [2.05, 4.69) is 0 Å². The maximum Gasteiger partial charge on any atom is 0.264 e. The molecule has 4 rings (SSSR count). The third-order valence-corrected chi connectivity index (χ3v) is 7.50. The Kier molecular flexibility index (Phi) is 5.32. The van der Waals surface area contributed by atoms with Crippen LogP contribution in [0.15, 0.2) is 47.4 Å². The summed E-state index contributed by atoms with van der Waals surface area (Å²) in [5.74, 6) is -1.26. The van der Waals surface area contributed by atoms with Crippen LogP contribution in [0.5, 0.6) is 0 Å². The lowest BCUT2D eigenvalue weighted by molar-refractivity contribution is -0.0587. The van der Waals surface area contributed by atoms with Crippen molar-refractivity contribution in [2.45, 2.75) is 50.3 Å². The molecule has 3 atom stereocenters. The van der Waals surface area contributed by atoms with E-state index in [1.165, 1.54) is 15.3 Å². The monoisotopic (exact) mass is 432 g/mol. The molecule has 1 unspecified atom stereocenters. The highest BCUT2D eigenvalue weighted by Crippen LogP contribution is 2.36. The van der Waals surface area contributed by atoms with Crippen LogP contribution in [-0.4, -0.2) is 50.6 Å². The van der Waals surface area contributed by atoms with Gasteiger partial charge in [-0.2, -0.15) is 0 Å². The Bertz CT molecular complexity index is 1080. The number of sulfonamides is 1. The summed E-state index contributed by atoms with van der Waals surface area (Å²) in [7, 11) is -3.96. The van der Waals surface area contributed by atoms with Crippen LogP contribution in [0, 0.1) is 5.82 Å². The van der Waals surface area contributed by atoms with Crippen LogP contribution in [0.2, 0.25) is 0 Å². The number of benzene rings is 2. The number of halogens is 1. The van der Waals surface area contributed by atoms with Crippen LogP contribution in [-0.2, 0) is 21.2 Å². The number of carbonyl (C=O) groups excluding carboxylic acids is 1. The minimum absolute atomic E-state index is 0.0924. The van der Waals surface area contributed by atoms with Crippen LogP contribution in [0.25, 0.3) is 0 Å². The average Bonchev–Trinajstić information content (AvgIpc) is 3.03. The van der Waals surface area contributed by atoms with Crippen molar-refractivity contribution in [1.82, 2.24) is 4.90 Å². The number of hydrogen-bond acceptors (Lipinski definition) is 4. The number of amides is 1. The zero-order chi connectivity index (χ0) is 21.6. The van der Waals surface area contributed by atoms with E-state index in [9.17, 15) is 17.6 Å². The summed E-state index contributed by atoms with van der Waals surface area (Å²) in [5, 5.41) is 0. The molecule has 1 saturated heterocycles. The second kappa shape index (κ2) is 7.67. The number of hydrogen-bond donors (Lipinski definition) is 0. The van der Waals surface area contributed by atoms with Crippen molar-refractivity contribution in [2.75, 3.05) is 17.4 Å². The van der Waals surface area contributed by atoms with Gasteiger partial charge in [-0.1, -0.05) is 18.2 Å². The van der Waals surface area contributed by atoms with E-state index < -0.39 is 21.7 Å². The van der Waals surface area contributed by atoms with Gasteiger partial charge in [-0.25, -0.2) is 12.8 Å². The van der Waals surface area contributed by atoms with Gasteiger partial charge in [-0.3, -0.25) is 9.10 Å². The molecule has 0 saturated carbocycles. The van der Waals surface area contributed by atoms with E-state index >= 15 is 0 Å². The number of rotatable bonds is 3. The van der Waals surface area contributed by atoms with Gasteiger partial charge in [0.05, 0.1) is 28.4 Å². The van der Waals surface area contributed by atoms with Crippen molar-refractivity contribution in [2.24, 2.45) is 0 Å². The predicted octanol–water partition coefficient (Wildman–Crippen LogP) is 3.22. The van der Waals surface area contributed by atoms with Crippen molar-refractivity contribution in [1.29, 1.82) is 0 Å². The Hall–Kier alpha value is -2.45. The van der Waals surface area contributed by atoms with Crippen LogP contribution < -0.4 is 4.31 Å². The fourth-order valence-electron chi connectivity index (χ4n) is 4.36. The average molecular weight is 433 g/mol. The molecule has 0 aliphatic carbocycles. The molecule has 2 aliphatic heterocycles. The van der Waals surface area contributed by atoms with E-state index in [-0.39, 0.29) is 28.7 Å². The third kappa shape index (κ3) is 3.58. The van der Waals surface area contributed by atoms with Gasteiger partial charge in [0.15, 0.2) is 0 Å². The number of fused-ring (bicyclic) bond motifs is 1. The Labute approximate surface area is 176 Å². The molecular formula is C22H25FN2O4S. The molecule has 0 aromatic heterocycles. The van der Waals surface area contributed by atoms with E-state index in [1.807, 2.05) is 32.9 Å². The highest BCUT2D eigenvalue weighted by molar-refractivity contribution is 7.92. The molecule has 2 aromatic rings. The van der Waals surface area contributed by atoms with E-state index in [0.29, 0.717) is 25.2 Å². The van der Waals surface area contributed by atoms with Crippen molar-refractivity contribution in [3.8, 4) is 0 Å². The second-order valence-corrected chi connectivity index (χ2v) is 9.91. The molecule has 8 heteroatoms.